The van der Waals surface area contributed by atoms with E-state index >= 15 is 0 Å². The van der Waals surface area contributed by atoms with Crippen LogP contribution in [0.3, 0.4) is 0 Å². The van der Waals surface area contributed by atoms with Crippen molar-refractivity contribution >= 4 is 11.6 Å². The summed E-state index contributed by atoms with van der Waals surface area (Å²) in [5.74, 6) is 0.406. The van der Waals surface area contributed by atoms with Gasteiger partial charge in [0, 0.05) is 19.0 Å². The normalized spacial score (nSPS) is 17.2. The average molecular weight is 386 g/mol. The molecule has 0 radical (unpaired) electrons. The standard InChI is InChI=1S/C25H27N3O/c26-25(29)22-15-7-8-16-23(22)27-28-17-9-14-21(18-28)24(19-10-3-1-4-11-19)20-12-5-2-6-13-20/h1-8,10-13,15-16,21,24,27H,9,14,17-18H2,(H2,26,29). The van der Waals surface area contributed by atoms with Gasteiger partial charge in [-0.1, -0.05) is 72.8 Å². The highest BCUT2D eigenvalue weighted by atomic mass is 16.1. The third-order valence-electron chi connectivity index (χ3n) is 5.72. The number of hydrogen-bond acceptors (Lipinski definition) is 3. The number of hydrogen-bond donors (Lipinski definition) is 2. The van der Waals surface area contributed by atoms with Gasteiger partial charge in [0.05, 0.1) is 11.3 Å². The third kappa shape index (κ3) is 4.49. The van der Waals surface area contributed by atoms with Gasteiger partial charge in [0.25, 0.3) is 5.91 Å². The largest absolute Gasteiger partial charge is 0.366 e. The van der Waals surface area contributed by atoms with Crippen LogP contribution in [0.2, 0.25) is 0 Å². The first-order chi connectivity index (χ1) is 14.2. The maximum Gasteiger partial charge on any atom is 0.250 e. The summed E-state index contributed by atoms with van der Waals surface area (Å²) in [5.41, 5.74) is 13.0. The van der Waals surface area contributed by atoms with Crippen molar-refractivity contribution < 1.29 is 4.79 Å². The van der Waals surface area contributed by atoms with E-state index in [1.165, 1.54) is 17.5 Å². The predicted octanol–water partition coefficient (Wildman–Crippen LogP) is 4.66. The van der Waals surface area contributed by atoms with E-state index in [9.17, 15) is 4.79 Å². The first-order valence-corrected chi connectivity index (χ1v) is 10.2. The third-order valence-corrected chi connectivity index (χ3v) is 5.72. The van der Waals surface area contributed by atoms with Crippen LogP contribution < -0.4 is 11.2 Å². The fourth-order valence-electron chi connectivity index (χ4n) is 4.41. The van der Waals surface area contributed by atoms with Crippen LogP contribution in [0.4, 0.5) is 5.69 Å². The predicted molar refractivity (Wildman–Crippen MR) is 118 cm³/mol. The molecular formula is C25H27N3O. The number of amides is 1. The molecule has 4 rings (SSSR count). The van der Waals surface area contributed by atoms with Crippen LogP contribution >= 0.6 is 0 Å². The van der Waals surface area contributed by atoms with Crippen LogP contribution in [0.1, 0.15) is 40.2 Å². The Bertz CT molecular complexity index is 903. The second kappa shape index (κ2) is 8.93. The molecule has 1 saturated heterocycles. The zero-order valence-corrected chi connectivity index (χ0v) is 16.5. The van der Waals surface area contributed by atoms with Gasteiger partial charge in [-0.2, -0.15) is 0 Å². The number of para-hydroxylation sites is 1. The number of nitrogens with zero attached hydrogens (tertiary/aromatic N) is 1. The number of nitrogens with two attached hydrogens (primary N) is 1. The lowest BCUT2D eigenvalue weighted by atomic mass is 9.77. The first kappa shape index (κ1) is 19.2. The summed E-state index contributed by atoms with van der Waals surface area (Å²) in [6.07, 6.45) is 2.27. The summed E-state index contributed by atoms with van der Waals surface area (Å²) in [6, 6.07) is 29.0. The minimum Gasteiger partial charge on any atom is -0.366 e. The number of carbonyl (C=O) groups excluding carboxylic acids is 1. The maximum atomic E-state index is 11.8. The SMILES string of the molecule is NC(=O)c1ccccc1NN1CCCC(C(c2ccccc2)c2ccccc2)C1. The molecule has 1 atom stereocenters. The number of primary amides is 1. The number of benzene rings is 3. The molecule has 1 fully saturated rings. The molecular weight excluding hydrogens is 358 g/mol. The number of anilines is 1. The second-order valence-electron chi connectivity index (χ2n) is 7.67. The zero-order chi connectivity index (χ0) is 20.1. The van der Waals surface area contributed by atoms with E-state index in [1.807, 2.05) is 18.2 Å². The summed E-state index contributed by atoms with van der Waals surface area (Å²) in [4.78, 5) is 11.8. The molecule has 0 aliphatic carbocycles. The molecule has 0 spiro atoms. The smallest absolute Gasteiger partial charge is 0.250 e. The summed E-state index contributed by atoms with van der Waals surface area (Å²) in [5, 5.41) is 2.23. The van der Waals surface area contributed by atoms with E-state index in [1.54, 1.807) is 6.07 Å². The molecule has 0 saturated carbocycles. The average Bonchev–Trinajstić information content (AvgIpc) is 2.76. The van der Waals surface area contributed by atoms with Gasteiger partial charge >= 0.3 is 0 Å². The minimum absolute atomic E-state index is 0.341. The van der Waals surface area contributed by atoms with Crippen LogP contribution in [0.5, 0.6) is 0 Å². The van der Waals surface area contributed by atoms with Gasteiger partial charge in [0.2, 0.25) is 0 Å². The Morgan fingerprint density at radius 3 is 2.10 bits per heavy atom. The molecule has 1 amide bonds. The Morgan fingerprint density at radius 1 is 0.897 bits per heavy atom. The lowest BCUT2D eigenvalue weighted by Crippen LogP contribution is -2.42. The van der Waals surface area contributed by atoms with E-state index < -0.39 is 5.91 Å². The summed E-state index contributed by atoms with van der Waals surface area (Å²) >= 11 is 0. The van der Waals surface area contributed by atoms with E-state index in [-0.39, 0.29) is 0 Å². The van der Waals surface area contributed by atoms with Crippen LogP contribution in [0.25, 0.3) is 0 Å². The van der Waals surface area contributed by atoms with Crippen molar-refractivity contribution in [2.75, 3.05) is 18.5 Å². The zero-order valence-electron chi connectivity index (χ0n) is 16.5. The van der Waals surface area contributed by atoms with Gasteiger partial charge in [-0.15, -0.1) is 0 Å². The molecule has 1 heterocycles. The van der Waals surface area contributed by atoms with Gasteiger partial charge in [-0.05, 0) is 42.0 Å². The molecule has 0 aromatic heterocycles. The molecule has 3 aromatic carbocycles. The second-order valence-corrected chi connectivity index (χ2v) is 7.67. The quantitative estimate of drug-likeness (QED) is 0.649. The van der Waals surface area contributed by atoms with E-state index in [0.29, 0.717) is 17.4 Å². The van der Waals surface area contributed by atoms with E-state index in [2.05, 4.69) is 71.1 Å². The molecule has 0 bridgehead atoms. The molecule has 1 unspecified atom stereocenters. The first-order valence-electron chi connectivity index (χ1n) is 10.2. The summed E-state index contributed by atoms with van der Waals surface area (Å²) < 4.78 is 0. The number of piperidine rings is 1. The van der Waals surface area contributed by atoms with Crippen molar-refractivity contribution in [3.63, 3.8) is 0 Å². The van der Waals surface area contributed by atoms with Gasteiger partial charge in [-0.3, -0.25) is 4.79 Å². The molecule has 4 heteroatoms. The number of rotatable bonds is 6. The van der Waals surface area contributed by atoms with Gasteiger partial charge in [-0.25, -0.2) is 5.01 Å². The van der Waals surface area contributed by atoms with Crippen molar-refractivity contribution in [3.8, 4) is 0 Å². The van der Waals surface area contributed by atoms with Gasteiger partial charge < -0.3 is 11.2 Å². The molecule has 3 N–H and O–H groups in total. The van der Waals surface area contributed by atoms with E-state index in [0.717, 1.165) is 25.2 Å². The van der Waals surface area contributed by atoms with Gasteiger partial charge in [0.15, 0.2) is 0 Å². The molecule has 4 nitrogen and oxygen atoms in total. The van der Waals surface area contributed by atoms with Crippen molar-refractivity contribution in [2.45, 2.75) is 18.8 Å². The molecule has 29 heavy (non-hydrogen) atoms. The topological polar surface area (TPSA) is 58.4 Å². The lowest BCUT2D eigenvalue weighted by Gasteiger charge is -2.38. The molecule has 3 aromatic rings. The van der Waals surface area contributed by atoms with Crippen LogP contribution in [0.15, 0.2) is 84.9 Å². The van der Waals surface area contributed by atoms with Gasteiger partial charge in [0.1, 0.15) is 0 Å². The number of nitrogens with one attached hydrogen (secondary N) is 1. The lowest BCUT2D eigenvalue weighted by molar-refractivity contribution is 0.100. The van der Waals surface area contributed by atoms with Crippen molar-refractivity contribution in [1.29, 1.82) is 0 Å². The van der Waals surface area contributed by atoms with Crippen molar-refractivity contribution in [1.82, 2.24) is 5.01 Å². The van der Waals surface area contributed by atoms with Crippen LogP contribution in [-0.2, 0) is 0 Å². The highest BCUT2D eigenvalue weighted by Crippen LogP contribution is 2.37. The number of carbonyl (C=O) groups is 1. The highest BCUT2D eigenvalue weighted by molar-refractivity contribution is 5.98. The Labute approximate surface area is 172 Å². The minimum atomic E-state index is -0.409. The monoisotopic (exact) mass is 385 g/mol. The van der Waals surface area contributed by atoms with Crippen molar-refractivity contribution in [2.24, 2.45) is 11.7 Å². The van der Waals surface area contributed by atoms with Crippen LogP contribution in [-0.4, -0.2) is 24.0 Å². The number of hydrazine groups is 1. The summed E-state index contributed by atoms with van der Waals surface area (Å²) in [7, 11) is 0. The maximum absolute atomic E-state index is 11.8. The van der Waals surface area contributed by atoms with Crippen LogP contribution in [0, 0.1) is 5.92 Å². The fraction of sp³-hybridized carbons (Fsp3) is 0.240. The van der Waals surface area contributed by atoms with E-state index in [4.69, 9.17) is 5.73 Å². The Kier molecular flexibility index (Phi) is 5.92. The Balaban J connectivity index is 1.58. The van der Waals surface area contributed by atoms with Crippen molar-refractivity contribution in [3.05, 3.63) is 102 Å². The molecule has 148 valence electrons. The highest BCUT2D eigenvalue weighted by Gasteiger charge is 2.30. The Hall–Kier alpha value is -3.11. The fourth-order valence-corrected chi connectivity index (χ4v) is 4.41. The summed E-state index contributed by atoms with van der Waals surface area (Å²) in [6.45, 7) is 1.85. The Morgan fingerprint density at radius 2 is 1.48 bits per heavy atom. The molecule has 1 aliphatic rings. The molecule has 1 aliphatic heterocycles.